The molecule has 2 aromatic rings. The number of ether oxygens (including phenoxy) is 1. The van der Waals surface area contributed by atoms with Crippen molar-refractivity contribution in [1.29, 1.82) is 5.26 Å². The number of pyridine rings is 1. The van der Waals surface area contributed by atoms with Gasteiger partial charge in [0.05, 0.1) is 6.07 Å². The van der Waals surface area contributed by atoms with E-state index in [0.717, 1.165) is 12.3 Å². The predicted molar refractivity (Wildman–Crippen MR) is 75.3 cm³/mol. The zero-order chi connectivity index (χ0) is 17.0. The van der Waals surface area contributed by atoms with Gasteiger partial charge >= 0.3 is 6.18 Å². The van der Waals surface area contributed by atoms with Gasteiger partial charge in [0.15, 0.2) is 18.3 Å². The van der Waals surface area contributed by atoms with Crippen molar-refractivity contribution < 1.29 is 22.7 Å². The van der Waals surface area contributed by atoms with Crippen molar-refractivity contribution in [1.82, 2.24) is 9.97 Å². The highest BCUT2D eigenvalue weighted by atomic mass is 32.1. The second kappa shape index (κ2) is 6.75. The summed E-state index contributed by atoms with van der Waals surface area (Å²) in [7, 11) is 0. The molecular weight excluding hydrogens is 331 g/mol. The molecule has 0 spiro atoms. The summed E-state index contributed by atoms with van der Waals surface area (Å²) in [6.45, 7) is 0.222. The molecule has 0 aliphatic heterocycles. The number of nitriles is 1. The molecule has 2 heterocycles. The Bertz CT molecular complexity index is 752. The first kappa shape index (κ1) is 16.9. The maximum absolute atomic E-state index is 12.4. The molecule has 5 nitrogen and oxygen atoms in total. The van der Waals surface area contributed by atoms with Gasteiger partial charge in [-0.05, 0) is 13.0 Å². The van der Waals surface area contributed by atoms with Crippen molar-refractivity contribution in [3.8, 4) is 11.9 Å². The first-order valence-electron chi connectivity index (χ1n) is 6.31. The number of halogens is 3. The summed E-state index contributed by atoms with van der Waals surface area (Å²) in [6, 6.07) is 4.26. The minimum absolute atomic E-state index is 0.0385. The van der Waals surface area contributed by atoms with E-state index in [4.69, 9.17) is 0 Å². The quantitative estimate of drug-likeness (QED) is 0.780. The van der Waals surface area contributed by atoms with Crippen LogP contribution in [0, 0.1) is 18.3 Å². The fourth-order valence-corrected chi connectivity index (χ4v) is 2.53. The van der Waals surface area contributed by atoms with Gasteiger partial charge in [-0.3, -0.25) is 4.79 Å². The monoisotopic (exact) mass is 341 g/mol. The van der Waals surface area contributed by atoms with Crippen molar-refractivity contribution in [2.24, 2.45) is 0 Å². The Labute approximate surface area is 133 Å². The first-order chi connectivity index (χ1) is 10.8. The van der Waals surface area contributed by atoms with Crippen LogP contribution >= 0.6 is 11.3 Å². The molecule has 120 valence electrons. The number of rotatable bonds is 5. The van der Waals surface area contributed by atoms with E-state index in [1.165, 1.54) is 17.4 Å². The normalized spacial score (nSPS) is 12.5. The van der Waals surface area contributed by atoms with Crippen LogP contribution in [-0.4, -0.2) is 28.5 Å². The molecule has 0 aliphatic carbocycles. The van der Waals surface area contributed by atoms with E-state index in [2.05, 4.69) is 14.7 Å². The standard InChI is InChI=1S/C14H10F3N3O2S/c1-8-6-23-13(20-8)10(5-18)12(21)9-2-3-19-11(4-9)22-7-14(15,16)17/h2-4,6,10H,7H2,1H3/t10-/m0/s1. The smallest absolute Gasteiger partial charge is 0.422 e. The third-order valence-corrected chi connectivity index (χ3v) is 3.71. The molecule has 0 aliphatic rings. The summed E-state index contributed by atoms with van der Waals surface area (Å²) in [5, 5.41) is 11.2. The lowest BCUT2D eigenvalue weighted by molar-refractivity contribution is -0.154. The molecule has 0 N–H and O–H groups in total. The van der Waals surface area contributed by atoms with Gasteiger partial charge < -0.3 is 4.74 Å². The zero-order valence-electron chi connectivity index (χ0n) is 11.8. The lowest BCUT2D eigenvalue weighted by Crippen LogP contribution is -2.20. The van der Waals surface area contributed by atoms with Crippen molar-refractivity contribution in [3.63, 3.8) is 0 Å². The summed E-state index contributed by atoms with van der Waals surface area (Å²) < 4.78 is 40.9. The van der Waals surface area contributed by atoms with E-state index in [1.54, 1.807) is 12.3 Å². The number of thiazole rings is 1. The average molecular weight is 341 g/mol. The predicted octanol–water partition coefficient (Wildman–Crippen LogP) is 3.28. The van der Waals surface area contributed by atoms with E-state index < -0.39 is 24.5 Å². The van der Waals surface area contributed by atoms with Crippen LogP contribution in [0.5, 0.6) is 5.88 Å². The Hall–Kier alpha value is -2.47. The van der Waals surface area contributed by atoms with Crippen LogP contribution < -0.4 is 4.74 Å². The third-order valence-electron chi connectivity index (χ3n) is 2.68. The highest BCUT2D eigenvalue weighted by molar-refractivity contribution is 7.10. The van der Waals surface area contributed by atoms with Gasteiger partial charge in [-0.15, -0.1) is 11.3 Å². The fraction of sp³-hybridized carbons (Fsp3) is 0.286. The van der Waals surface area contributed by atoms with Crippen molar-refractivity contribution in [3.05, 3.63) is 40.0 Å². The number of nitrogens with zero attached hydrogens (tertiary/aromatic N) is 3. The Morgan fingerprint density at radius 1 is 1.52 bits per heavy atom. The Morgan fingerprint density at radius 2 is 2.26 bits per heavy atom. The third kappa shape index (κ3) is 4.50. The molecule has 0 saturated heterocycles. The maximum atomic E-state index is 12.4. The molecule has 2 aromatic heterocycles. The molecule has 0 saturated carbocycles. The van der Waals surface area contributed by atoms with Crippen LogP contribution in [-0.2, 0) is 0 Å². The summed E-state index contributed by atoms with van der Waals surface area (Å²) in [5.74, 6) is -2.02. The summed E-state index contributed by atoms with van der Waals surface area (Å²) in [6.07, 6.45) is -3.35. The number of carbonyl (C=O) groups is 1. The van der Waals surface area contributed by atoms with E-state index in [-0.39, 0.29) is 11.4 Å². The van der Waals surface area contributed by atoms with Crippen LogP contribution in [0.3, 0.4) is 0 Å². The number of alkyl halides is 3. The molecular formula is C14H10F3N3O2S. The molecule has 2 rings (SSSR count). The number of carbonyl (C=O) groups excluding carboxylic acids is 1. The van der Waals surface area contributed by atoms with E-state index in [9.17, 15) is 23.2 Å². The number of hydrogen-bond acceptors (Lipinski definition) is 6. The second-order valence-corrected chi connectivity index (χ2v) is 5.43. The Morgan fingerprint density at radius 3 is 2.83 bits per heavy atom. The number of Topliss-reactive ketones (excluding diaryl/α,β-unsaturated/α-hetero) is 1. The van der Waals surface area contributed by atoms with E-state index in [1.807, 2.05) is 6.07 Å². The van der Waals surface area contributed by atoms with Crippen LogP contribution in [0.2, 0.25) is 0 Å². The van der Waals surface area contributed by atoms with Crippen molar-refractivity contribution >= 4 is 17.1 Å². The van der Waals surface area contributed by atoms with Crippen molar-refractivity contribution in [2.75, 3.05) is 6.61 Å². The van der Waals surface area contributed by atoms with Gasteiger partial charge in [0, 0.05) is 28.9 Å². The van der Waals surface area contributed by atoms with Crippen molar-refractivity contribution in [2.45, 2.75) is 19.0 Å². The molecule has 9 heteroatoms. The number of ketones is 1. The van der Waals surface area contributed by atoms with Gasteiger partial charge in [-0.2, -0.15) is 18.4 Å². The van der Waals surface area contributed by atoms with Gasteiger partial charge in [-0.1, -0.05) is 0 Å². The molecule has 0 aromatic carbocycles. The highest BCUT2D eigenvalue weighted by Gasteiger charge is 2.29. The summed E-state index contributed by atoms with van der Waals surface area (Å²) in [4.78, 5) is 20.1. The zero-order valence-corrected chi connectivity index (χ0v) is 12.6. The van der Waals surface area contributed by atoms with Gasteiger partial charge in [0.25, 0.3) is 0 Å². The number of aryl methyl sites for hydroxylation is 1. The topological polar surface area (TPSA) is 75.9 Å². The minimum atomic E-state index is -4.50. The SMILES string of the molecule is Cc1csc([C@@H](C#N)C(=O)c2ccnc(OCC(F)(F)F)c2)n1. The minimum Gasteiger partial charge on any atom is -0.468 e. The van der Waals surface area contributed by atoms with Gasteiger partial charge in [0.2, 0.25) is 5.88 Å². The lowest BCUT2D eigenvalue weighted by atomic mass is 10.0. The van der Waals surface area contributed by atoms with E-state index in [0.29, 0.717) is 10.7 Å². The van der Waals surface area contributed by atoms with Crippen LogP contribution in [0.4, 0.5) is 13.2 Å². The number of hydrogen-bond donors (Lipinski definition) is 0. The highest BCUT2D eigenvalue weighted by Crippen LogP contribution is 2.25. The number of aromatic nitrogens is 2. The fourth-order valence-electron chi connectivity index (χ4n) is 1.69. The van der Waals surface area contributed by atoms with Crippen LogP contribution in [0.1, 0.15) is 27.0 Å². The molecule has 0 radical (unpaired) electrons. The lowest BCUT2D eigenvalue weighted by Gasteiger charge is -2.10. The molecule has 0 amide bonds. The van der Waals surface area contributed by atoms with Gasteiger partial charge in [0.1, 0.15) is 5.01 Å². The maximum Gasteiger partial charge on any atom is 0.422 e. The van der Waals surface area contributed by atoms with E-state index >= 15 is 0 Å². The average Bonchev–Trinajstić information content (AvgIpc) is 2.92. The summed E-state index contributed by atoms with van der Waals surface area (Å²) in [5.41, 5.74) is 0.721. The Kier molecular flexibility index (Phi) is 4.95. The summed E-state index contributed by atoms with van der Waals surface area (Å²) >= 11 is 1.17. The first-order valence-corrected chi connectivity index (χ1v) is 7.19. The van der Waals surface area contributed by atoms with Gasteiger partial charge in [-0.25, -0.2) is 9.97 Å². The molecule has 0 fully saturated rings. The Balaban J connectivity index is 2.20. The van der Waals surface area contributed by atoms with Crippen LogP contribution in [0.25, 0.3) is 0 Å². The molecule has 0 unspecified atom stereocenters. The molecule has 23 heavy (non-hydrogen) atoms. The molecule has 1 atom stereocenters. The largest absolute Gasteiger partial charge is 0.468 e. The van der Waals surface area contributed by atoms with Crippen LogP contribution in [0.15, 0.2) is 23.7 Å². The molecule has 0 bridgehead atoms. The second-order valence-electron chi connectivity index (χ2n) is 4.54.